The van der Waals surface area contributed by atoms with Gasteiger partial charge in [0, 0.05) is 13.1 Å². The number of ether oxygens (including phenoxy) is 1. The van der Waals surface area contributed by atoms with E-state index in [-0.39, 0.29) is 19.0 Å². The summed E-state index contributed by atoms with van der Waals surface area (Å²) in [6.45, 7) is 1.85. The van der Waals surface area contributed by atoms with Crippen molar-refractivity contribution in [3.8, 4) is 5.69 Å². The number of carbonyl (C=O) groups excluding carboxylic acids is 2. The highest BCUT2D eigenvalue weighted by atomic mass is 79.9. The van der Waals surface area contributed by atoms with E-state index in [1.807, 2.05) is 0 Å². The van der Waals surface area contributed by atoms with Crippen molar-refractivity contribution in [2.75, 3.05) is 18.0 Å². The molecule has 9 heteroatoms. The third-order valence-electron chi connectivity index (χ3n) is 3.81. The van der Waals surface area contributed by atoms with Gasteiger partial charge in [-0.1, -0.05) is 15.9 Å². The zero-order valence-corrected chi connectivity index (χ0v) is 15.4. The number of cyclic esters (lactones) is 1. The van der Waals surface area contributed by atoms with Crippen LogP contribution in [0.15, 0.2) is 35.7 Å². The Hall–Kier alpha value is -2.68. The normalized spacial score (nSPS) is 17.0. The van der Waals surface area contributed by atoms with Gasteiger partial charge in [0.2, 0.25) is 5.91 Å². The Bertz CT molecular complexity index is 867. The monoisotopic (exact) mass is 422 g/mol. The minimum Gasteiger partial charge on any atom is -0.442 e. The molecule has 26 heavy (non-hydrogen) atoms. The van der Waals surface area contributed by atoms with E-state index < -0.39 is 18.0 Å². The summed E-state index contributed by atoms with van der Waals surface area (Å²) in [7, 11) is 0. The molecule has 1 saturated heterocycles. The number of anilines is 1. The largest absolute Gasteiger partial charge is 0.442 e. The number of hydrogen-bond donors (Lipinski definition) is 1. The van der Waals surface area contributed by atoms with Gasteiger partial charge in [0.25, 0.3) is 0 Å². The molecule has 1 atom stereocenters. The van der Waals surface area contributed by atoms with Crippen LogP contribution >= 0.6 is 15.9 Å². The first kappa shape index (κ1) is 18.1. The number of nitrogens with one attached hydrogen (secondary N) is 1. The first-order valence-corrected chi connectivity index (χ1v) is 8.72. The van der Waals surface area contributed by atoms with Gasteiger partial charge in [-0.3, -0.25) is 9.69 Å². The van der Waals surface area contributed by atoms with E-state index >= 15 is 0 Å². The lowest BCUT2D eigenvalue weighted by atomic mass is 10.2. The van der Waals surface area contributed by atoms with Crippen LogP contribution in [0.25, 0.3) is 11.8 Å². The molecule has 0 radical (unpaired) electrons. The Morgan fingerprint density at radius 3 is 3.04 bits per heavy atom. The minimum atomic E-state index is -0.570. The third-order valence-corrected chi connectivity index (χ3v) is 4.07. The van der Waals surface area contributed by atoms with Crippen molar-refractivity contribution in [3.63, 3.8) is 0 Å². The molecule has 1 N–H and O–H groups in total. The van der Waals surface area contributed by atoms with Crippen LogP contribution in [0.4, 0.5) is 14.9 Å². The highest BCUT2D eigenvalue weighted by molar-refractivity contribution is 9.11. The molecule has 0 spiro atoms. The van der Waals surface area contributed by atoms with Crippen LogP contribution in [0.2, 0.25) is 0 Å². The second kappa shape index (κ2) is 7.69. The van der Waals surface area contributed by atoms with Crippen molar-refractivity contribution in [2.45, 2.75) is 13.0 Å². The average Bonchev–Trinajstić information content (AvgIpc) is 3.20. The summed E-state index contributed by atoms with van der Waals surface area (Å²) in [4.78, 5) is 30.1. The molecule has 1 aromatic heterocycles. The molecular weight excluding hydrogens is 407 g/mol. The van der Waals surface area contributed by atoms with Gasteiger partial charge < -0.3 is 14.6 Å². The molecule has 2 aromatic rings. The molecule has 2 amide bonds. The SMILES string of the molecule is CC(=O)NC[C@H]1CN(c2ccc(-n3cnc(C=CBr)c3)c(F)c2)C(=O)O1. The lowest BCUT2D eigenvalue weighted by molar-refractivity contribution is -0.119. The Kier molecular flexibility index (Phi) is 5.36. The molecule has 2 heterocycles. The van der Waals surface area contributed by atoms with Crippen molar-refractivity contribution < 1.29 is 18.7 Å². The lowest BCUT2D eigenvalue weighted by Crippen LogP contribution is -2.33. The predicted molar refractivity (Wildman–Crippen MR) is 97.8 cm³/mol. The maximum absolute atomic E-state index is 14.6. The highest BCUT2D eigenvalue weighted by Crippen LogP contribution is 2.25. The van der Waals surface area contributed by atoms with Crippen molar-refractivity contribution >= 4 is 39.7 Å². The molecule has 0 bridgehead atoms. The van der Waals surface area contributed by atoms with E-state index in [1.165, 1.54) is 24.2 Å². The highest BCUT2D eigenvalue weighted by Gasteiger charge is 2.32. The average molecular weight is 423 g/mol. The summed E-state index contributed by atoms with van der Waals surface area (Å²) >= 11 is 3.17. The fraction of sp³-hybridized carbons (Fsp3) is 0.235. The second-order valence-corrected chi connectivity index (χ2v) is 6.22. The molecule has 7 nitrogen and oxygen atoms in total. The Balaban J connectivity index is 1.76. The van der Waals surface area contributed by atoms with Gasteiger partial charge >= 0.3 is 6.09 Å². The summed E-state index contributed by atoms with van der Waals surface area (Å²) in [6.07, 6.45) is 3.89. The van der Waals surface area contributed by atoms with E-state index in [2.05, 4.69) is 26.2 Å². The van der Waals surface area contributed by atoms with Crippen LogP contribution in [0.5, 0.6) is 0 Å². The van der Waals surface area contributed by atoms with Gasteiger partial charge in [-0.25, -0.2) is 14.2 Å². The molecule has 1 fully saturated rings. The number of rotatable bonds is 5. The molecule has 1 aliphatic rings. The Morgan fingerprint density at radius 1 is 1.54 bits per heavy atom. The van der Waals surface area contributed by atoms with Crippen LogP contribution in [0, 0.1) is 5.82 Å². The van der Waals surface area contributed by atoms with E-state index in [0.29, 0.717) is 17.1 Å². The van der Waals surface area contributed by atoms with Crippen LogP contribution in [0.3, 0.4) is 0 Å². The number of amides is 2. The molecule has 136 valence electrons. The van der Waals surface area contributed by atoms with Crippen molar-refractivity contribution in [2.24, 2.45) is 0 Å². The number of benzene rings is 1. The van der Waals surface area contributed by atoms with Crippen molar-refractivity contribution in [1.29, 1.82) is 0 Å². The van der Waals surface area contributed by atoms with Gasteiger partial charge in [0.1, 0.15) is 11.9 Å². The summed E-state index contributed by atoms with van der Waals surface area (Å²) in [5.41, 5.74) is 1.38. The van der Waals surface area contributed by atoms with Crippen LogP contribution < -0.4 is 10.2 Å². The quantitative estimate of drug-likeness (QED) is 0.803. The van der Waals surface area contributed by atoms with Gasteiger partial charge in [0.15, 0.2) is 0 Å². The van der Waals surface area contributed by atoms with Crippen LogP contribution in [-0.4, -0.2) is 40.7 Å². The molecular formula is C17H16BrFN4O3. The third kappa shape index (κ3) is 3.93. The number of hydrogen-bond acceptors (Lipinski definition) is 4. The molecule has 3 rings (SSSR count). The Morgan fingerprint density at radius 2 is 2.35 bits per heavy atom. The first-order valence-electron chi connectivity index (χ1n) is 7.81. The van der Waals surface area contributed by atoms with Crippen LogP contribution in [-0.2, 0) is 9.53 Å². The smallest absolute Gasteiger partial charge is 0.414 e. The standard InChI is InChI=1S/C17H16BrFN4O3/c1-11(24)20-7-14-9-23(17(25)26-14)13-2-3-16(15(19)6-13)22-8-12(4-5-18)21-10-22/h2-6,8,10,14H,7,9H2,1H3,(H,20,24)/t14-/m0/s1. The van der Waals surface area contributed by atoms with Gasteiger partial charge in [-0.2, -0.15) is 0 Å². The summed E-state index contributed by atoms with van der Waals surface area (Å²) in [6, 6.07) is 4.49. The second-order valence-electron chi connectivity index (χ2n) is 5.69. The molecule has 0 aliphatic carbocycles. The minimum absolute atomic E-state index is 0.204. The fourth-order valence-corrected chi connectivity index (χ4v) is 2.86. The number of imidazole rings is 1. The number of halogens is 2. The molecule has 0 unspecified atom stereocenters. The predicted octanol–water partition coefficient (Wildman–Crippen LogP) is 2.84. The number of aromatic nitrogens is 2. The number of carbonyl (C=O) groups is 2. The fourth-order valence-electron chi connectivity index (χ4n) is 2.59. The maximum atomic E-state index is 14.6. The first-order chi connectivity index (χ1) is 12.5. The topological polar surface area (TPSA) is 76.5 Å². The van der Waals surface area contributed by atoms with Crippen molar-refractivity contribution in [1.82, 2.24) is 14.9 Å². The van der Waals surface area contributed by atoms with E-state index in [9.17, 15) is 14.0 Å². The summed E-state index contributed by atoms with van der Waals surface area (Å²) in [5, 5.41) is 2.60. The van der Waals surface area contributed by atoms with Gasteiger partial charge in [0.05, 0.1) is 36.5 Å². The Labute approximate surface area is 157 Å². The molecule has 1 aromatic carbocycles. The maximum Gasteiger partial charge on any atom is 0.414 e. The summed E-state index contributed by atoms with van der Waals surface area (Å²) < 4.78 is 21.3. The lowest BCUT2D eigenvalue weighted by Gasteiger charge is -2.14. The van der Waals surface area contributed by atoms with Gasteiger partial charge in [-0.05, 0) is 29.3 Å². The van der Waals surface area contributed by atoms with Crippen LogP contribution in [0.1, 0.15) is 12.6 Å². The van der Waals surface area contributed by atoms with E-state index in [1.54, 1.807) is 34.0 Å². The van der Waals surface area contributed by atoms with E-state index in [4.69, 9.17) is 4.74 Å². The summed E-state index contributed by atoms with van der Waals surface area (Å²) in [5.74, 6) is -0.697. The number of nitrogens with zero attached hydrogens (tertiary/aromatic N) is 3. The van der Waals surface area contributed by atoms with Crippen molar-refractivity contribution in [3.05, 3.63) is 47.2 Å². The van der Waals surface area contributed by atoms with Gasteiger partial charge in [-0.15, -0.1) is 0 Å². The molecule has 0 saturated carbocycles. The zero-order chi connectivity index (χ0) is 18.7. The van der Waals surface area contributed by atoms with E-state index in [0.717, 1.165) is 0 Å². The zero-order valence-electron chi connectivity index (χ0n) is 13.9. The molecule has 1 aliphatic heterocycles.